The summed E-state index contributed by atoms with van der Waals surface area (Å²) in [6.07, 6.45) is 12.7. The van der Waals surface area contributed by atoms with Crippen LogP contribution in [-0.2, 0) is 4.79 Å². The van der Waals surface area contributed by atoms with Crippen LogP contribution in [0.15, 0.2) is 17.1 Å². The molecule has 23 heavy (non-hydrogen) atoms. The fraction of sp³-hybridized carbons (Fsp3) is 0.789. The van der Waals surface area contributed by atoms with Crippen molar-refractivity contribution in [2.45, 2.75) is 65.0 Å². The smallest absolute Gasteiger partial charge is 0.222 e. The van der Waals surface area contributed by atoms with E-state index < -0.39 is 0 Å². The van der Waals surface area contributed by atoms with E-state index >= 15 is 0 Å². The van der Waals surface area contributed by atoms with Crippen LogP contribution in [0, 0.1) is 5.92 Å². The second-order valence-electron chi connectivity index (χ2n) is 6.80. The molecular weight excluding hydrogens is 286 g/mol. The number of hydrogen-bond acceptors (Lipinski definition) is 3. The van der Waals surface area contributed by atoms with Crippen LogP contribution in [-0.4, -0.2) is 53.8 Å². The summed E-state index contributed by atoms with van der Waals surface area (Å²) in [7, 11) is 0. The molecule has 1 amide bonds. The molecule has 0 aliphatic carbocycles. The maximum Gasteiger partial charge on any atom is 0.222 e. The maximum atomic E-state index is 12.1. The Hall–Kier alpha value is -1.16. The Morgan fingerprint density at radius 3 is 2.48 bits per heavy atom. The molecule has 0 saturated carbocycles. The maximum absolute atomic E-state index is 12.1. The van der Waals surface area contributed by atoms with Crippen molar-refractivity contribution in [1.82, 2.24) is 9.80 Å². The predicted octanol–water partition coefficient (Wildman–Crippen LogP) is 3.48. The molecule has 4 heteroatoms. The van der Waals surface area contributed by atoms with Gasteiger partial charge in [-0.1, -0.05) is 13.3 Å². The second kappa shape index (κ2) is 8.62. The first-order valence-corrected chi connectivity index (χ1v) is 9.41. The molecule has 0 aromatic rings. The van der Waals surface area contributed by atoms with Crippen LogP contribution in [0.25, 0.3) is 0 Å². The van der Waals surface area contributed by atoms with Gasteiger partial charge in [0.15, 0.2) is 0 Å². The lowest BCUT2D eigenvalue weighted by molar-refractivity contribution is -0.131. The van der Waals surface area contributed by atoms with Gasteiger partial charge in [-0.25, -0.2) is 0 Å². The lowest BCUT2D eigenvalue weighted by atomic mass is 9.89. The zero-order valence-electron chi connectivity index (χ0n) is 15.1. The summed E-state index contributed by atoms with van der Waals surface area (Å²) >= 11 is 0. The van der Waals surface area contributed by atoms with Crippen molar-refractivity contribution in [2.75, 3.05) is 26.2 Å². The summed E-state index contributed by atoms with van der Waals surface area (Å²) in [6.45, 7) is 10.2. The lowest BCUT2D eigenvalue weighted by Gasteiger charge is -2.42. The zero-order chi connectivity index (χ0) is 16.7. The summed E-state index contributed by atoms with van der Waals surface area (Å²) in [5, 5.41) is 0. The zero-order valence-corrected chi connectivity index (χ0v) is 15.1. The monoisotopic (exact) mass is 319 g/mol. The van der Waals surface area contributed by atoms with Gasteiger partial charge in [0.25, 0.3) is 0 Å². The largest absolute Gasteiger partial charge is 0.343 e. The van der Waals surface area contributed by atoms with E-state index in [-0.39, 0.29) is 5.66 Å². The topological polar surface area (TPSA) is 35.9 Å². The highest BCUT2D eigenvalue weighted by Crippen LogP contribution is 2.33. The van der Waals surface area contributed by atoms with Crippen molar-refractivity contribution in [3.05, 3.63) is 12.2 Å². The number of likely N-dealkylation sites (tertiary alicyclic amines) is 1. The van der Waals surface area contributed by atoms with Crippen molar-refractivity contribution in [3.8, 4) is 0 Å². The van der Waals surface area contributed by atoms with E-state index in [0.717, 1.165) is 45.4 Å². The number of rotatable bonds is 8. The summed E-state index contributed by atoms with van der Waals surface area (Å²) in [6, 6.07) is 0. The van der Waals surface area contributed by atoms with Crippen LogP contribution in [0.2, 0.25) is 0 Å². The van der Waals surface area contributed by atoms with Crippen LogP contribution in [0.3, 0.4) is 0 Å². The molecular formula is C19H33N3O. The number of carbonyl (C=O) groups excluding carboxylic acids is 1. The minimum Gasteiger partial charge on any atom is -0.343 e. The number of nitrogens with zero attached hydrogens (tertiary/aromatic N) is 3. The van der Waals surface area contributed by atoms with Crippen molar-refractivity contribution in [3.63, 3.8) is 0 Å². The van der Waals surface area contributed by atoms with Gasteiger partial charge < -0.3 is 4.90 Å². The summed E-state index contributed by atoms with van der Waals surface area (Å²) in [5.74, 6) is 1.02. The van der Waals surface area contributed by atoms with Gasteiger partial charge in [0.2, 0.25) is 5.91 Å². The van der Waals surface area contributed by atoms with E-state index in [2.05, 4.69) is 37.8 Å². The third-order valence-electron chi connectivity index (χ3n) is 5.41. The molecule has 0 bridgehead atoms. The van der Waals surface area contributed by atoms with Crippen LogP contribution < -0.4 is 0 Å². The Labute approximate surface area is 141 Å². The molecule has 0 N–H and O–H groups in total. The van der Waals surface area contributed by atoms with Crippen LogP contribution in [0.5, 0.6) is 0 Å². The van der Waals surface area contributed by atoms with Crippen molar-refractivity contribution in [2.24, 2.45) is 10.9 Å². The number of allylic oxidation sites excluding steroid dienone is 1. The molecule has 2 heterocycles. The van der Waals surface area contributed by atoms with Gasteiger partial charge in [-0.3, -0.25) is 14.7 Å². The van der Waals surface area contributed by atoms with Crippen LogP contribution in [0.4, 0.5) is 0 Å². The molecule has 130 valence electrons. The molecule has 4 nitrogen and oxygen atoms in total. The molecule has 0 radical (unpaired) electrons. The van der Waals surface area contributed by atoms with Crippen LogP contribution in [0.1, 0.15) is 59.3 Å². The molecule has 1 saturated heterocycles. The average molecular weight is 319 g/mol. The standard InChI is InChI=1S/C19H33N3O/c1-4-12-19(13-7-14-20-19)22-15-10-17(11-16-22)8-9-18(23)21(5-2)6-3/h7,13-14,17H,4-6,8-12,15-16H2,1-3H3. The van der Waals surface area contributed by atoms with Gasteiger partial charge in [-0.05, 0) is 57.6 Å². The SMILES string of the molecule is CCCC1(N2CCC(CCC(=O)N(CC)CC)CC2)C=CC=N1. The van der Waals surface area contributed by atoms with Gasteiger partial charge >= 0.3 is 0 Å². The molecule has 2 aliphatic heterocycles. The summed E-state index contributed by atoms with van der Waals surface area (Å²) in [5.41, 5.74) is -0.0727. The fourth-order valence-electron chi connectivity index (χ4n) is 3.94. The van der Waals surface area contributed by atoms with Gasteiger partial charge in [0, 0.05) is 38.8 Å². The van der Waals surface area contributed by atoms with Gasteiger partial charge in [0.05, 0.1) is 0 Å². The van der Waals surface area contributed by atoms with E-state index in [1.165, 1.54) is 12.8 Å². The highest BCUT2D eigenvalue weighted by molar-refractivity contribution is 5.76. The number of carbonyl (C=O) groups is 1. The Kier molecular flexibility index (Phi) is 6.82. The number of hydrogen-bond donors (Lipinski definition) is 0. The minimum atomic E-state index is -0.0727. The molecule has 2 rings (SSSR count). The van der Waals surface area contributed by atoms with Crippen LogP contribution >= 0.6 is 0 Å². The molecule has 0 aromatic carbocycles. The molecule has 0 aromatic heterocycles. The Morgan fingerprint density at radius 2 is 1.96 bits per heavy atom. The highest BCUT2D eigenvalue weighted by Gasteiger charge is 2.36. The van der Waals surface area contributed by atoms with E-state index in [1.807, 2.05) is 11.1 Å². The lowest BCUT2D eigenvalue weighted by Crippen LogP contribution is -2.49. The molecule has 2 aliphatic rings. The Balaban J connectivity index is 1.79. The van der Waals surface area contributed by atoms with E-state index in [0.29, 0.717) is 18.2 Å². The second-order valence-corrected chi connectivity index (χ2v) is 6.80. The summed E-state index contributed by atoms with van der Waals surface area (Å²) < 4.78 is 0. The van der Waals surface area contributed by atoms with E-state index in [9.17, 15) is 4.79 Å². The molecule has 1 fully saturated rings. The number of piperidine rings is 1. The first-order chi connectivity index (χ1) is 11.1. The van der Waals surface area contributed by atoms with Gasteiger partial charge in [0.1, 0.15) is 5.66 Å². The number of amides is 1. The van der Waals surface area contributed by atoms with Gasteiger partial charge in [-0.2, -0.15) is 0 Å². The van der Waals surface area contributed by atoms with E-state index in [4.69, 9.17) is 4.99 Å². The first-order valence-electron chi connectivity index (χ1n) is 9.41. The predicted molar refractivity (Wildman–Crippen MR) is 96.7 cm³/mol. The van der Waals surface area contributed by atoms with Gasteiger partial charge in [-0.15, -0.1) is 0 Å². The molecule has 0 spiro atoms. The third kappa shape index (κ3) is 4.43. The molecule has 1 atom stereocenters. The Bertz CT molecular complexity index is 420. The van der Waals surface area contributed by atoms with Crippen molar-refractivity contribution < 1.29 is 4.79 Å². The highest BCUT2D eigenvalue weighted by atomic mass is 16.2. The third-order valence-corrected chi connectivity index (χ3v) is 5.41. The van der Waals surface area contributed by atoms with E-state index in [1.54, 1.807) is 0 Å². The fourth-order valence-corrected chi connectivity index (χ4v) is 3.94. The quantitative estimate of drug-likeness (QED) is 0.686. The molecule has 1 unspecified atom stereocenters. The first kappa shape index (κ1) is 18.2. The minimum absolute atomic E-state index is 0.0727. The average Bonchev–Trinajstić information content (AvgIpc) is 3.05. The summed E-state index contributed by atoms with van der Waals surface area (Å²) in [4.78, 5) is 21.4. The Morgan fingerprint density at radius 1 is 1.26 bits per heavy atom. The van der Waals surface area contributed by atoms with Crippen molar-refractivity contribution in [1.29, 1.82) is 0 Å². The number of aliphatic imine (C=N–C) groups is 1. The van der Waals surface area contributed by atoms with Crippen molar-refractivity contribution >= 4 is 12.1 Å². The normalized spacial score (nSPS) is 25.2.